The molecule has 0 bridgehead atoms. The summed E-state index contributed by atoms with van der Waals surface area (Å²) in [5.74, 6) is 0.701. The van der Waals surface area contributed by atoms with Crippen molar-refractivity contribution in [2.45, 2.75) is 85.0 Å². The minimum absolute atomic E-state index is 0.218. The molecule has 0 atom stereocenters. The maximum Gasteiger partial charge on any atom is 0.492 e. The topological polar surface area (TPSA) is 56.8 Å². The van der Waals surface area contributed by atoms with Gasteiger partial charge >= 0.3 is 13.2 Å². The molecule has 6 heteroatoms. The van der Waals surface area contributed by atoms with E-state index in [1.54, 1.807) is 0 Å². The summed E-state index contributed by atoms with van der Waals surface area (Å²) in [4.78, 5) is 12.6. The maximum atomic E-state index is 12.6. The van der Waals surface area contributed by atoms with Gasteiger partial charge in [-0.2, -0.15) is 0 Å². The molecule has 1 N–H and O–H groups in total. The molecule has 0 aliphatic carbocycles. The summed E-state index contributed by atoms with van der Waals surface area (Å²) in [6, 6.07) is 16.1. The van der Waals surface area contributed by atoms with E-state index in [1.165, 1.54) is 16.7 Å². The fourth-order valence-corrected chi connectivity index (χ4v) is 4.11. The van der Waals surface area contributed by atoms with E-state index >= 15 is 0 Å². The lowest BCUT2D eigenvalue weighted by Crippen LogP contribution is -2.41. The van der Waals surface area contributed by atoms with E-state index in [1.807, 2.05) is 58.0 Å². The van der Waals surface area contributed by atoms with Crippen molar-refractivity contribution >= 4 is 19.3 Å². The van der Waals surface area contributed by atoms with E-state index in [0.29, 0.717) is 11.8 Å². The molecule has 1 heterocycles. The molecule has 1 amide bonds. The third-order valence-corrected chi connectivity index (χ3v) is 6.95. The van der Waals surface area contributed by atoms with Crippen LogP contribution in [0.1, 0.15) is 89.5 Å². The first-order chi connectivity index (χ1) is 16.4. The maximum absolute atomic E-state index is 12.6. The van der Waals surface area contributed by atoms with Crippen LogP contribution in [0, 0.1) is 0 Å². The summed E-state index contributed by atoms with van der Waals surface area (Å²) in [6.45, 7) is 17.4. The van der Waals surface area contributed by atoms with Gasteiger partial charge in [-0.3, -0.25) is 0 Å². The van der Waals surface area contributed by atoms with Crippen molar-refractivity contribution in [3.8, 4) is 0 Å². The summed E-state index contributed by atoms with van der Waals surface area (Å²) < 4.78 is 18.2. The number of alkyl carbamates (subject to hydrolysis) is 1. The molecule has 5 nitrogen and oxygen atoms in total. The van der Waals surface area contributed by atoms with Crippen molar-refractivity contribution in [3.63, 3.8) is 0 Å². The number of carbonyl (C=O) groups is 1. The Morgan fingerprint density at radius 1 is 0.914 bits per heavy atom. The highest BCUT2D eigenvalue weighted by molar-refractivity contribution is 6.56. The van der Waals surface area contributed by atoms with Crippen LogP contribution < -0.4 is 5.32 Å². The molecule has 1 aliphatic heterocycles. The molecule has 2 aromatic carbocycles. The predicted octanol–water partition coefficient (Wildman–Crippen LogP) is 6.87. The molecule has 0 spiro atoms. The van der Waals surface area contributed by atoms with Gasteiger partial charge in [-0.25, -0.2) is 4.79 Å². The fourth-order valence-electron chi connectivity index (χ4n) is 4.11. The Balaban J connectivity index is 1.90. The lowest BCUT2D eigenvalue weighted by atomic mass is 9.75. The van der Waals surface area contributed by atoms with E-state index < -0.39 is 24.4 Å². The van der Waals surface area contributed by atoms with Crippen molar-refractivity contribution in [3.05, 3.63) is 76.3 Å². The van der Waals surface area contributed by atoms with Crippen molar-refractivity contribution in [2.75, 3.05) is 6.54 Å². The van der Waals surface area contributed by atoms with Crippen LogP contribution in [0.2, 0.25) is 0 Å². The second-order valence-electron chi connectivity index (χ2n) is 10.9. The zero-order chi connectivity index (χ0) is 25.8. The SMILES string of the molecule is CC(C)c1cccc(C(C)C)c1C=C(CNC(=O)OCc1ccccc1)B1OC(C)(C)C(C)(C)O1. The van der Waals surface area contributed by atoms with Gasteiger partial charge in [0.25, 0.3) is 0 Å². The Morgan fingerprint density at radius 3 is 1.97 bits per heavy atom. The Morgan fingerprint density at radius 2 is 1.46 bits per heavy atom. The van der Waals surface area contributed by atoms with E-state index in [9.17, 15) is 4.79 Å². The van der Waals surface area contributed by atoms with Gasteiger partial charge in [-0.15, -0.1) is 0 Å². The van der Waals surface area contributed by atoms with Crippen LogP contribution in [0.3, 0.4) is 0 Å². The second-order valence-corrected chi connectivity index (χ2v) is 10.9. The molecular weight excluding hydrogens is 437 g/mol. The van der Waals surface area contributed by atoms with Crippen LogP contribution in [0.25, 0.3) is 6.08 Å². The molecule has 0 saturated carbocycles. The zero-order valence-corrected chi connectivity index (χ0v) is 22.5. The smallest absolute Gasteiger partial charge is 0.445 e. The van der Waals surface area contributed by atoms with E-state index in [-0.39, 0.29) is 13.2 Å². The summed E-state index contributed by atoms with van der Waals surface area (Å²) in [5.41, 5.74) is 4.52. The van der Waals surface area contributed by atoms with Gasteiger partial charge in [0.2, 0.25) is 0 Å². The van der Waals surface area contributed by atoms with Gasteiger partial charge in [-0.1, -0.05) is 82.3 Å². The quantitative estimate of drug-likeness (QED) is 0.422. The summed E-state index contributed by atoms with van der Waals surface area (Å²) >= 11 is 0. The number of amides is 1. The molecule has 1 fully saturated rings. The number of hydrogen-bond donors (Lipinski definition) is 1. The minimum Gasteiger partial charge on any atom is -0.445 e. The third-order valence-electron chi connectivity index (χ3n) is 6.95. The van der Waals surface area contributed by atoms with E-state index in [2.05, 4.69) is 57.3 Å². The van der Waals surface area contributed by atoms with Gasteiger partial charge in [-0.05, 0) is 67.3 Å². The Hall–Kier alpha value is -2.57. The van der Waals surface area contributed by atoms with Crippen molar-refractivity contribution in [2.24, 2.45) is 0 Å². The summed E-state index contributed by atoms with van der Waals surface area (Å²) in [6.07, 6.45) is 1.67. The largest absolute Gasteiger partial charge is 0.492 e. The van der Waals surface area contributed by atoms with Crippen molar-refractivity contribution in [1.29, 1.82) is 0 Å². The lowest BCUT2D eigenvalue weighted by Gasteiger charge is -2.32. The first-order valence-electron chi connectivity index (χ1n) is 12.5. The highest BCUT2D eigenvalue weighted by Crippen LogP contribution is 2.39. The number of hydrogen-bond acceptors (Lipinski definition) is 4. The molecule has 3 rings (SSSR count). The third kappa shape index (κ3) is 6.56. The molecule has 2 aromatic rings. The lowest BCUT2D eigenvalue weighted by molar-refractivity contribution is 0.00578. The number of nitrogens with one attached hydrogen (secondary N) is 1. The van der Waals surface area contributed by atoms with Crippen molar-refractivity contribution < 1.29 is 18.8 Å². The van der Waals surface area contributed by atoms with Crippen LogP contribution in [0.5, 0.6) is 0 Å². The molecule has 1 saturated heterocycles. The van der Waals surface area contributed by atoms with Gasteiger partial charge in [0.15, 0.2) is 0 Å². The molecule has 0 aromatic heterocycles. The van der Waals surface area contributed by atoms with Crippen molar-refractivity contribution in [1.82, 2.24) is 5.32 Å². The second kappa shape index (κ2) is 11.0. The minimum atomic E-state index is -0.574. The number of benzene rings is 2. The molecule has 188 valence electrons. The molecule has 35 heavy (non-hydrogen) atoms. The first-order valence-corrected chi connectivity index (χ1v) is 12.5. The average Bonchev–Trinajstić information content (AvgIpc) is 3.02. The average molecular weight is 477 g/mol. The highest BCUT2D eigenvalue weighted by Gasteiger charge is 2.52. The number of rotatable bonds is 8. The predicted molar refractivity (Wildman–Crippen MR) is 143 cm³/mol. The molecule has 0 unspecified atom stereocenters. The Kier molecular flexibility index (Phi) is 8.50. The molecule has 0 radical (unpaired) electrons. The van der Waals surface area contributed by atoms with Crippen LogP contribution in [0.4, 0.5) is 4.79 Å². The van der Waals surface area contributed by atoms with Gasteiger partial charge < -0.3 is 19.4 Å². The zero-order valence-electron chi connectivity index (χ0n) is 22.5. The Bertz CT molecular complexity index is 1000. The number of ether oxygens (including phenoxy) is 1. The van der Waals surface area contributed by atoms with Crippen LogP contribution >= 0.6 is 0 Å². The van der Waals surface area contributed by atoms with E-state index in [0.717, 1.165) is 11.0 Å². The van der Waals surface area contributed by atoms with Crippen LogP contribution in [-0.4, -0.2) is 31.0 Å². The molecule has 1 aliphatic rings. The normalized spacial score (nSPS) is 17.2. The Labute approximate surface area is 211 Å². The first kappa shape index (κ1) is 27.0. The van der Waals surface area contributed by atoms with Gasteiger partial charge in [0, 0.05) is 6.54 Å². The van der Waals surface area contributed by atoms with Crippen LogP contribution in [-0.2, 0) is 20.7 Å². The fraction of sp³-hybridized carbons (Fsp3) is 0.483. The van der Waals surface area contributed by atoms with Gasteiger partial charge in [0.1, 0.15) is 6.61 Å². The van der Waals surface area contributed by atoms with E-state index in [4.69, 9.17) is 14.0 Å². The summed E-state index contributed by atoms with van der Waals surface area (Å²) in [7, 11) is -0.574. The number of carbonyl (C=O) groups excluding carboxylic acids is 1. The summed E-state index contributed by atoms with van der Waals surface area (Å²) in [5, 5.41) is 2.91. The highest BCUT2D eigenvalue weighted by atomic mass is 16.7. The standard InChI is InChI=1S/C29H40BNO4/c1-20(2)24-15-12-16-25(21(3)4)26(24)17-23(30-34-28(5,6)29(7,8)35-30)18-31-27(32)33-19-22-13-10-9-11-14-22/h9-17,20-21H,18-19H2,1-8H3,(H,31,32). The molecular formula is C29H40BNO4. The monoisotopic (exact) mass is 477 g/mol. The van der Waals surface area contributed by atoms with Crippen LogP contribution in [0.15, 0.2) is 54.0 Å². The van der Waals surface area contributed by atoms with Gasteiger partial charge in [0.05, 0.1) is 11.2 Å².